The molecule has 2 aliphatic rings. The molecule has 0 aromatic carbocycles. The second kappa shape index (κ2) is 6.30. The molecule has 21 heavy (non-hydrogen) atoms. The summed E-state index contributed by atoms with van der Waals surface area (Å²) >= 11 is 0. The highest BCUT2D eigenvalue weighted by molar-refractivity contribution is 5.81. The first-order valence-electron chi connectivity index (χ1n) is 7.01. The van der Waals surface area contributed by atoms with Crippen molar-refractivity contribution in [1.29, 1.82) is 0 Å². The van der Waals surface area contributed by atoms with Crippen molar-refractivity contribution in [2.75, 3.05) is 6.61 Å². The van der Waals surface area contributed by atoms with Gasteiger partial charge in [-0.3, -0.25) is 4.79 Å². The van der Waals surface area contributed by atoms with Crippen LogP contribution in [0.4, 0.5) is 4.79 Å². The summed E-state index contributed by atoms with van der Waals surface area (Å²) < 4.78 is 4.74. The number of carbonyl (C=O) groups excluding carboxylic acids is 2. The molecule has 2 fully saturated rings. The predicted molar refractivity (Wildman–Crippen MR) is 67.7 cm³/mol. The Morgan fingerprint density at radius 3 is 2.57 bits per heavy atom. The molecule has 5 unspecified atom stereocenters. The van der Waals surface area contributed by atoms with Crippen LogP contribution in [0, 0.1) is 23.7 Å². The molecular weight excluding hydrogens is 282 g/mol. The molecule has 3 N–H and O–H groups in total. The standard InChI is InChI=1S/C13H19NO7/c1-2-3-4-20-13(19)14-21-12(18)6-5-7(15)9-8(6)10(9)11(16)17/h6-10,15H,2-5H2,1H3,(H,14,19)(H,16,17). The largest absolute Gasteiger partial charge is 0.481 e. The fourth-order valence-electron chi connectivity index (χ4n) is 3.04. The molecule has 0 radical (unpaired) electrons. The van der Waals surface area contributed by atoms with Crippen LogP contribution in [0.1, 0.15) is 26.2 Å². The van der Waals surface area contributed by atoms with Crippen molar-refractivity contribution in [3.8, 4) is 0 Å². The molecule has 0 spiro atoms. The van der Waals surface area contributed by atoms with E-state index >= 15 is 0 Å². The number of hydrogen-bond acceptors (Lipinski definition) is 6. The summed E-state index contributed by atoms with van der Waals surface area (Å²) in [6.07, 6.45) is 0.0554. The highest BCUT2D eigenvalue weighted by atomic mass is 16.7. The van der Waals surface area contributed by atoms with Gasteiger partial charge in [0.25, 0.3) is 0 Å². The van der Waals surface area contributed by atoms with Crippen LogP contribution in [0.25, 0.3) is 0 Å². The number of amides is 1. The number of carboxylic acids is 1. The van der Waals surface area contributed by atoms with E-state index < -0.39 is 47.8 Å². The van der Waals surface area contributed by atoms with Gasteiger partial charge in [-0.05, 0) is 18.8 Å². The molecule has 2 aliphatic carbocycles. The number of hydroxylamine groups is 1. The van der Waals surface area contributed by atoms with Crippen LogP contribution in [0.5, 0.6) is 0 Å². The lowest BCUT2D eigenvalue weighted by Gasteiger charge is -2.14. The van der Waals surface area contributed by atoms with Crippen molar-refractivity contribution in [3.63, 3.8) is 0 Å². The summed E-state index contributed by atoms with van der Waals surface area (Å²) in [7, 11) is 0. The van der Waals surface area contributed by atoms with Crippen molar-refractivity contribution >= 4 is 18.0 Å². The third kappa shape index (κ3) is 3.26. The molecule has 0 heterocycles. The Balaban J connectivity index is 1.77. The summed E-state index contributed by atoms with van der Waals surface area (Å²) in [5.74, 6) is -3.98. The second-order valence-corrected chi connectivity index (χ2v) is 5.44. The van der Waals surface area contributed by atoms with E-state index in [2.05, 4.69) is 4.84 Å². The van der Waals surface area contributed by atoms with Gasteiger partial charge in [0.05, 0.1) is 24.5 Å². The zero-order valence-electron chi connectivity index (χ0n) is 11.7. The lowest BCUT2D eigenvalue weighted by atomic mass is 9.99. The average molecular weight is 301 g/mol. The SMILES string of the molecule is CCCCOC(=O)NOC(=O)C1CC(O)C2C(C(=O)O)C12. The van der Waals surface area contributed by atoms with Crippen molar-refractivity contribution in [3.05, 3.63) is 0 Å². The average Bonchev–Trinajstić information content (AvgIpc) is 3.09. The smallest absolute Gasteiger partial charge is 0.440 e. The molecule has 2 rings (SSSR count). The molecular formula is C13H19NO7. The van der Waals surface area contributed by atoms with Crippen LogP contribution in [-0.4, -0.2) is 41.0 Å². The Kier molecular flexibility index (Phi) is 4.66. The maximum atomic E-state index is 11.8. The zero-order valence-corrected chi connectivity index (χ0v) is 11.7. The number of unbranched alkanes of at least 4 members (excludes halogenated alkanes) is 1. The van der Waals surface area contributed by atoms with Gasteiger partial charge >= 0.3 is 18.0 Å². The fraction of sp³-hybridized carbons (Fsp3) is 0.769. The molecule has 0 aromatic rings. The summed E-state index contributed by atoms with van der Waals surface area (Å²) in [5.41, 5.74) is 1.88. The first-order chi connectivity index (χ1) is 9.97. The number of aliphatic carboxylic acids is 1. The van der Waals surface area contributed by atoms with Crippen molar-refractivity contribution in [1.82, 2.24) is 5.48 Å². The molecule has 0 saturated heterocycles. The van der Waals surface area contributed by atoms with Crippen molar-refractivity contribution < 1.29 is 34.2 Å². The third-order valence-electron chi connectivity index (χ3n) is 4.09. The van der Waals surface area contributed by atoms with Crippen LogP contribution in [0.15, 0.2) is 0 Å². The van der Waals surface area contributed by atoms with Crippen LogP contribution >= 0.6 is 0 Å². The molecule has 8 nitrogen and oxygen atoms in total. The predicted octanol–water partition coefficient (Wildman–Crippen LogP) is 0.298. The maximum absolute atomic E-state index is 11.8. The lowest BCUT2D eigenvalue weighted by molar-refractivity contribution is -0.156. The van der Waals surface area contributed by atoms with Gasteiger partial charge in [0, 0.05) is 5.92 Å². The molecule has 0 aromatic heterocycles. The Hall–Kier alpha value is -1.83. The third-order valence-corrected chi connectivity index (χ3v) is 4.09. The number of ether oxygens (including phenoxy) is 1. The highest BCUT2D eigenvalue weighted by Gasteiger charge is 2.68. The van der Waals surface area contributed by atoms with Crippen LogP contribution in [-0.2, 0) is 19.2 Å². The topological polar surface area (TPSA) is 122 Å². The minimum Gasteiger partial charge on any atom is -0.481 e. The van der Waals surface area contributed by atoms with Gasteiger partial charge in [-0.25, -0.2) is 9.59 Å². The Labute approximate surface area is 121 Å². The number of hydrogen-bond donors (Lipinski definition) is 3. The van der Waals surface area contributed by atoms with E-state index in [1.807, 2.05) is 12.4 Å². The minimum absolute atomic E-state index is 0.157. The molecule has 0 bridgehead atoms. The summed E-state index contributed by atoms with van der Waals surface area (Å²) in [6.45, 7) is 2.17. The molecule has 0 aliphatic heterocycles. The van der Waals surface area contributed by atoms with E-state index in [-0.39, 0.29) is 13.0 Å². The van der Waals surface area contributed by atoms with E-state index in [4.69, 9.17) is 9.84 Å². The van der Waals surface area contributed by atoms with Gasteiger partial charge in [-0.2, -0.15) is 0 Å². The van der Waals surface area contributed by atoms with E-state index in [1.165, 1.54) is 0 Å². The number of fused-ring (bicyclic) bond motifs is 1. The second-order valence-electron chi connectivity index (χ2n) is 5.44. The molecule has 2 saturated carbocycles. The fourth-order valence-corrected chi connectivity index (χ4v) is 3.04. The summed E-state index contributed by atoms with van der Waals surface area (Å²) in [5, 5.41) is 18.7. The first-order valence-corrected chi connectivity index (χ1v) is 7.01. The molecule has 1 amide bonds. The Morgan fingerprint density at radius 1 is 1.29 bits per heavy atom. The molecule has 118 valence electrons. The Morgan fingerprint density at radius 2 is 2.00 bits per heavy atom. The van der Waals surface area contributed by atoms with Crippen molar-refractivity contribution in [2.24, 2.45) is 23.7 Å². The number of rotatable bonds is 5. The number of aliphatic hydroxyl groups is 1. The number of carbonyl (C=O) groups is 3. The normalized spacial score (nSPS) is 33.0. The van der Waals surface area contributed by atoms with E-state index in [0.717, 1.165) is 6.42 Å². The minimum atomic E-state index is -1.02. The number of aliphatic hydroxyl groups excluding tert-OH is 1. The van der Waals surface area contributed by atoms with Crippen molar-refractivity contribution in [2.45, 2.75) is 32.3 Å². The molecule has 5 atom stereocenters. The Bertz CT molecular complexity index is 438. The zero-order chi connectivity index (χ0) is 15.6. The van der Waals surface area contributed by atoms with Gasteiger partial charge in [-0.1, -0.05) is 13.3 Å². The number of nitrogens with one attached hydrogen (secondary N) is 1. The van der Waals surface area contributed by atoms with Gasteiger partial charge in [0.15, 0.2) is 0 Å². The van der Waals surface area contributed by atoms with Gasteiger partial charge in [0.1, 0.15) is 0 Å². The number of carboxylic acid groups (broad SMARTS) is 1. The van der Waals surface area contributed by atoms with E-state index in [0.29, 0.717) is 6.42 Å². The van der Waals surface area contributed by atoms with E-state index in [9.17, 15) is 19.5 Å². The van der Waals surface area contributed by atoms with Crippen LogP contribution in [0.2, 0.25) is 0 Å². The highest BCUT2D eigenvalue weighted by Crippen LogP contribution is 2.60. The molecule has 8 heteroatoms. The van der Waals surface area contributed by atoms with Gasteiger partial charge < -0.3 is 19.8 Å². The lowest BCUT2D eigenvalue weighted by Crippen LogP contribution is -2.32. The van der Waals surface area contributed by atoms with Gasteiger partial charge in [-0.15, -0.1) is 5.48 Å². The van der Waals surface area contributed by atoms with Gasteiger partial charge in [0.2, 0.25) is 0 Å². The summed E-state index contributed by atoms with van der Waals surface area (Å²) in [6, 6.07) is 0. The monoisotopic (exact) mass is 301 g/mol. The van der Waals surface area contributed by atoms with Crippen LogP contribution < -0.4 is 5.48 Å². The quantitative estimate of drug-likeness (QED) is 0.493. The first kappa shape index (κ1) is 15.6. The summed E-state index contributed by atoms with van der Waals surface area (Å²) in [4.78, 5) is 38.6. The maximum Gasteiger partial charge on any atom is 0.440 e. The van der Waals surface area contributed by atoms with Crippen LogP contribution in [0.3, 0.4) is 0 Å². The van der Waals surface area contributed by atoms with E-state index in [1.54, 1.807) is 0 Å².